The van der Waals surface area contributed by atoms with Crippen LogP contribution < -0.4 is 5.32 Å². The van der Waals surface area contributed by atoms with Gasteiger partial charge in [-0.1, -0.05) is 6.07 Å². The lowest BCUT2D eigenvalue weighted by atomic mass is 10.2. The maximum atomic E-state index is 12.5. The van der Waals surface area contributed by atoms with E-state index in [4.69, 9.17) is 4.74 Å². The highest BCUT2D eigenvalue weighted by atomic mass is 32.1. The Morgan fingerprint density at radius 1 is 1.37 bits per heavy atom. The van der Waals surface area contributed by atoms with E-state index in [0.29, 0.717) is 29.2 Å². The van der Waals surface area contributed by atoms with Crippen LogP contribution in [0, 0.1) is 13.8 Å². The predicted molar refractivity (Wildman–Crippen MR) is 101 cm³/mol. The smallest absolute Gasteiger partial charge is 0.329 e. The monoisotopic (exact) mass is 390 g/mol. The van der Waals surface area contributed by atoms with Crippen molar-refractivity contribution in [3.63, 3.8) is 0 Å². The third kappa shape index (κ3) is 4.02. The number of carbonyl (C=O) groups is 3. The summed E-state index contributed by atoms with van der Waals surface area (Å²) in [6, 6.07) is 2.89. The summed E-state index contributed by atoms with van der Waals surface area (Å²) in [7, 11) is 1.79. The number of esters is 1. The lowest BCUT2D eigenvalue weighted by Gasteiger charge is -2.22. The second kappa shape index (κ2) is 7.91. The molecule has 2 aromatic heterocycles. The molecule has 1 saturated heterocycles. The molecule has 1 atom stereocenters. The van der Waals surface area contributed by atoms with E-state index in [1.165, 1.54) is 16.2 Å². The molecule has 27 heavy (non-hydrogen) atoms. The molecule has 0 saturated carbocycles. The summed E-state index contributed by atoms with van der Waals surface area (Å²) < 4.78 is 6.85. The predicted octanol–water partition coefficient (Wildman–Crippen LogP) is 1.88. The number of hydrogen-bond acceptors (Lipinski definition) is 6. The number of nitrogens with zero attached hydrogens (tertiary/aromatic N) is 3. The average Bonchev–Trinajstić information content (AvgIpc) is 3.37. The van der Waals surface area contributed by atoms with E-state index in [1.54, 1.807) is 30.8 Å². The first-order chi connectivity index (χ1) is 12.9. The molecule has 0 bridgehead atoms. The van der Waals surface area contributed by atoms with E-state index in [1.807, 2.05) is 12.3 Å². The van der Waals surface area contributed by atoms with E-state index < -0.39 is 24.5 Å². The maximum Gasteiger partial charge on any atom is 0.329 e. The molecule has 1 aliphatic heterocycles. The van der Waals surface area contributed by atoms with Crippen LogP contribution in [0.25, 0.3) is 0 Å². The highest BCUT2D eigenvalue weighted by molar-refractivity contribution is 7.12. The second-order valence-electron chi connectivity index (χ2n) is 6.46. The number of ether oxygens (including phenoxy) is 1. The molecule has 0 aromatic carbocycles. The lowest BCUT2D eigenvalue weighted by molar-refractivity contribution is -0.151. The first kappa shape index (κ1) is 19.1. The summed E-state index contributed by atoms with van der Waals surface area (Å²) >= 11 is 1.34. The van der Waals surface area contributed by atoms with Crippen molar-refractivity contribution in [1.82, 2.24) is 14.7 Å². The van der Waals surface area contributed by atoms with Crippen molar-refractivity contribution >= 4 is 34.8 Å². The molecule has 1 aliphatic rings. The summed E-state index contributed by atoms with van der Waals surface area (Å²) in [6.07, 6.45) is 1.27. The Morgan fingerprint density at radius 2 is 2.15 bits per heavy atom. The van der Waals surface area contributed by atoms with Crippen LogP contribution in [-0.4, -0.2) is 51.7 Å². The third-order valence-electron chi connectivity index (χ3n) is 4.64. The molecule has 1 fully saturated rings. The highest BCUT2D eigenvalue weighted by Crippen LogP contribution is 2.23. The van der Waals surface area contributed by atoms with Crippen molar-refractivity contribution in [1.29, 1.82) is 0 Å². The number of aryl methyl sites for hydroxylation is 2. The third-order valence-corrected chi connectivity index (χ3v) is 5.49. The van der Waals surface area contributed by atoms with Crippen LogP contribution in [0.2, 0.25) is 0 Å². The van der Waals surface area contributed by atoms with Crippen LogP contribution in [0.3, 0.4) is 0 Å². The van der Waals surface area contributed by atoms with Gasteiger partial charge in [0.15, 0.2) is 6.61 Å². The van der Waals surface area contributed by atoms with Gasteiger partial charge in [0.05, 0.1) is 22.0 Å². The van der Waals surface area contributed by atoms with Crippen LogP contribution in [0.4, 0.5) is 5.69 Å². The van der Waals surface area contributed by atoms with Gasteiger partial charge in [-0.05, 0) is 38.1 Å². The molecule has 144 valence electrons. The Hall–Kier alpha value is -2.68. The summed E-state index contributed by atoms with van der Waals surface area (Å²) in [6.45, 7) is 3.75. The Morgan fingerprint density at radius 3 is 2.78 bits per heavy atom. The molecule has 0 spiro atoms. The van der Waals surface area contributed by atoms with Crippen molar-refractivity contribution in [2.24, 2.45) is 7.05 Å². The number of likely N-dealkylation sites (tertiary alicyclic amines) is 1. The molecular formula is C18H22N4O4S. The van der Waals surface area contributed by atoms with Gasteiger partial charge in [-0.25, -0.2) is 4.79 Å². The molecule has 3 heterocycles. The number of rotatable bonds is 5. The van der Waals surface area contributed by atoms with Gasteiger partial charge in [0.25, 0.3) is 11.8 Å². The van der Waals surface area contributed by atoms with E-state index in [0.717, 1.165) is 12.1 Å². The van der Waals surface area contributed by atoms with Crippen LogP contribution in [0.5, 0.6) is 0 Å². The minimum absolute atomic E-state index is 0.171. The van der Waals surface area contributed by atoms with Gasteiger partial charge in [0, 0.05) is 13.6 Å². The summed E-state index contributed by atoms with van der Waals surface area (Å²) in [5.74, 6) is -1.15. The van der Waals surface area contributed by atoms with Crippen molar-refractivity contribution in [3.8, 4) is 0 Å². The van der Waals surface area contributed by atoms with Crippen molar-refractivity contribution in [2.45, 2.75) is 32.7 Å². The molecule has 0 aliphatic carbocycles. The van der Waals surface area contributed by atoms with Crippen molar-refractivity contribution in [3.05, 3.63) is 33.8 Å². The van der Waals surface area contributed by atoms with Gasteiger partial charge in [0.1, 0.15) is 6.04 Å². The van der Waals surface area contributed by atoms with Gasteiger partial charge in [-0.2, -0.15) is 5.10 Å². The van der Waals surface area contributed by atoms with Gasteiger partial charge in [-0.15, -0.1) is 11.3 Å². The highest BCUT2D eigenvalue weighted by Gasteiger charge is 2.36. The number of amides is 2. The minimum atomic E-state index is -0.644. The first-order valence-corrected chi connectivity index (χ1v) is 9.57. The van der Waals surface area contributed by atoms with Crippen LogP contribution in [-0.2, 0) is 21.4 Å². The Balaban J connectivity index is 1.56. The standard InChI is InChI=1S/C18H22N4O4S/c1-11-16(12(2)21(3)20-11)19-15(23)10-26-18(25)13-6-4-8-22(13)17(24)14-7-5-9-27-14/h5,7,9,13H,4,6,8,10H2,1-3H3,(H,19,23)/t13-/m0/s1. The number of carbonyl (C=O) groups excluding carboxylic acids is 3. The van der Waals surface area contributed by atoms with E-state index in [9.17, 15) is 14.4 Å². The van der Waals surface area contributed by atoms with Crippen LogP contribution in [0.15, 0.2) is 17.5 Å². The summed E-state index contributed by atoms with van der Waals surface area (Å²) in [5, 5.41) is 8.77. The van der Waals surface area contributed by atoms with Gasteiger partial charge < -0.3 is 15.0 Å². The Labute approximate surface area is 161 Å². The summed E-state index contributed by atoms with van der Waals surface area (Å²) in [5.41, 5.74) is 2.13. The molecule has 1 N–H and O–H groups in total. The molecule has 0 radical (unpaired) electrons. The topological polar surface area (TPSA) is 93.5 Å². The number of thiophene rings is 1. The first-order valence-electron chi connectivity index (χ1n) is 8.69. The molecule has 2 amide bonds. The quantitative estimate of drug-likeness (QED) is 0.787. The fourth-order valence-corrected chi connectivity index (χ4v) is 3.84. The number of anilines is 1. The number of aromatic nitrogens is 2. The molecule has 3 rings (SSSR count). The van der Waals surface area contributed by atoms with E-state index >= 15 is 0 Å². The van der Waals surface area contributed by atoms with Crippen LogP contribution in [0.1, 0.15) is 33.9 Å². The molecule has 9 heteroatoms. The second-order valence-corrected chi connectivity index (χ2v) is 7.41. The molecular weight excluding hydrogens is 368 g/mol. The normalized spacial score (nSPS) is 16.4. The average molecular weight is 390 g/mol. The SMILES string of the molecule is Cc1nn(C)c(C)c1NC(=O)COC(=O)[C@@H]1CCCN1C(=O)c1cccs1. The molecule has 8 nitrogen and oxygen atoms in total. The summed E-state index contributed by atoms with van der Waals surface area (Å²) in [4.78, 5) is 39.2. The van der Waals surface area contributed by atoms with Gasteiger partial charge in [0.2, 0.25) is 0 Å². The zero-order chi connectivity index (χ0) is 19.6. The van der Waals surface area contributed by atoms with Gasteiger partial charge >= 0.3 is 5.97 Å². The largest absolute Gasteiger partial charge is 0.454 e. The zero-order valence-electron chi connectivity index (χ0n) is 15.5. The zero-order valence-corrected chi connectivity index (χ0v) is 16.3. The van der Waals surface area contributed by atoms with Gasteiger partial charge in [-0.3, -0.25) is 14.3 Å². The minimum Gasteiger partial charge on any atom is -0.454 e. The maximum absolute atomic E-state index is 12.5. The number of hydrogen-bond donors (Lipinski definition) is 1. The molecule has 0 unspecified atom stereocenters. The number of nitrogens with one attached hydrogen (secondary N) is 1. The van der Waals surface area contributed by atoms with Crippen molar-refractivity contribution < 1.29 is 19.1 Å². The fourth-order valence-electron chi connectivity index (χ4n) is 3.16. The van der Waals surface area contributed by atoms with E-state index in [2.05, 4.69) is 10.4 Å². The Bertz CT molecular complexity index is 859. The van der Waals surface area contributed by atoms with Crippen molar-refractivity contribution in [2.75, 3.05) is 18.5 Å². The van der Waals surface area contributed by atoms with E-state index in [-0.39, 0.29) is 5.91 Å². The van der Waals surface area contributed by atoms with Crippen LogP contribution >= 0.6 is 11.3 Å². The lowest BCUT2D eigenvalue weighted by Crippen LogP contribution is -2.41. The molecule has 2 aromatic rings. The Kier molecular flexibility index (Phi) is 5.59. The fraction of sp³-hybridized carbons (Fsp3) is 0.444.